The van der Waals surface area contributed by atoms with Crippen molar-refractivity contribution in [3.63, 3.8) is 0 Å². The Morgan fingerprint density at radius 3 is 2.90 bits per heavy atom. The molecule has 0 radical (unpaired) electrons. The molecule has 0 amide bonds. The number of hydrogen-bond acceptors (Lipinski definition) is 6. The van der Waals surface area contributed by atoms with Crippen LogP contribution in [0.2, 0.25) is 0 Å². The molecule has 0 saturated carbocycles. The Hall–Kier alpha value is -1.90. The fourth-order valence-corrected chi connectivity index (χ4v) is 6.02. The van der Waals surface area contributed by atoms with Crippen molar-refractivity contribution < 1.29 is 13.9 Å². The minimum atomic E-state index is -0.312. The second-order valence-corrected chi connectivity index (χ2v) is 9.01. The van der Waals surface area contributed by atoms with Crippen molar-refractivity contribution in [2.75, 3.05) is 20.8 Å². The first-order valence-electron chi connectivity index (χ1n) is 9.61. The molecule has 0 unspecified atom stereocenters. The standard InChI is InChI=1S/C21H23FN2O3S2/c1-26-10-9-24-20(25)18-15-5-3-4-6-17(15)29-19(18)23-21(24)28-12-13-11-14(22)7-8-16(13)27-2/h7-8,11H,3-6,9-10,12H2,1-2H3. The van der Waals surface area contributed by atoms with Gasteiger partial charge in [-0.2, -0.15) is 0 Å². The van der Waals surface area contributed by atoms with E-state index in [0.717, 1.165) is 35.0 Å². The average molecular weight is 435 g/mol. The van der Waals surface area contributed by atoms with Crippen LogP contribution in [0.5, 0.6) is 5.75 Å². The second kappa shape index (κ2) is 8.85. The summed E-state index contributed by atoms with van der Waals surface area (Å²) in [4.78, 5) is 20.3. The van der Waals surface area contributed by atoms with Gasteiger partial charge in [0.2, 0.25) is 0 Å². The molecule has 0 fully saturated rings. The highest BCUT2D eigenvalue weighted by Gasteiger charge is 2.22. The molecular weight excluding hydrogens is 411 g/mol. The number of halogens is 1. The zero-order chi connectivity index (χ0) is 20.4. The summed E-state index contributed by atoms with van der Waals surface area (Å²) in [5.74, 6) is 0.765. The lowest BCUT2D eigenvalue weighted by molar-refractivity contribution is 0.183. The summed E-state index contributed by atoms with van der Waals surface area (Å²) in [6, 6.07) is 4.46. The Balaban J connectivity index is 1.74. The fraction of sp³-hybridized carbons (Fsp3) is 0.429. The topological polar surface area (TPSA) is 53.4 Å². The van der Waals surface area contributed by atoms with E-state index in [1.165, 1.54) is 40.8 Å². The van der Waals surface area contributed by atoms with Gasteiger partial charge in [-0.3, -0.25) is 9.36 Å². The van der Waals surface area contributed by atoms with Crippen LogP contribution in [-0.4, -0.2) is 30.4 Å². The van der Waals surface area contributed by atoms with Crippen LogP contribution in [0, 0.1) is 5.82 Å². The molecule has 0 aliphatic heterocycles. The van der Waals surface area contributed by atoms with Gasteiger partial charge < -0.3 is 9.47 Å². The monoisotopic (exact) mass is 434 g/mol. The van der Waals surface area contributed by atoms with Gasteiger partial charge in [-0.1, -0.05) is 11.8 Å². The molecule has 0 saturated heterocycles. The molecule has 8 heteroatoms. The molecule has 3 aromatic rings. The highest BCUT2D eigenvalue weighted by atomic mass is 32.2. The van der Waals surface area contributed by atoms with Crippen LogP contribution in [0.1, 0.15) is 28.8 Å². The van der Waals surface area contributed by atoms with Crippen molar-refractivity contribution >= 4 is 33.3 Å². The number of nitrogens with zero attached hydrogens (tertiary/aromatic N) is 2. The van der Waals surface area contributed by atoms with E-state index >= 15 is 0 Å². The van der Waals surface area contributed by atoms with Gasteiger partial charge in [0.05, 0.1) is 25.6 Å². The first-order valence-corrected chi connectivity index (χ1v) is 11.4. The maximum Gasteiger partial charge on any atom is 0.263 e. The molecule has 0 spiro atoms. The highest BCUT2D eigenvalue weighted by molar-refractivity contribution is 7.98. The first kappa shape index (κ1) is 20.4. The predicted octanol–water partition coefficient (Wildman–Crippen LogP) is 4.42. The van der Waals surface area contributed by atoms with Crippen LogP contribution in [-0.2, 0) is 29.9 Å². The Morgan fingerprint density at radius 1 is 1.28 bits per heavy atom. The Kier molecular flexibility index (Phi) is 6.22. The van der Waals surface area contributed by atoms with E-state index in [-0.39, 0.29) is 11.4 Å². The molecule has 2 aromatic heterocycles. The Morgan fingerprint density at radius 2 is 2.10 bits per heavy atom. The molecule has 2 heterocycles. The number of aryl methyl sites for hydroxylation is 2. The zero-order valence-corrected chi connectivity index (χ0v) is 18.1. The molecule has 1 aliphatic carbocycles. The number of methoxy groups -OCH3 is 2. The van der Waals surface area contributed by atoms with E-state index < -0.39 is 0 Å². The summed E-state index contributed by atoms with van der Waals surface area (Å²) in [5.41, 5.74) is 1.92. The van der Waals surface area contributed by atoms with E-state index in [4.69, 9.17) is 14.5 Å². The SMILES string of the molecule is COCCn1c(SCc2cc(F)ccc2OC)nc2sc3c(c2c1=O)CCCC3. The van der Waals surface area contributed by atoms with Crippen LogP contribution < -0.4 is 10.3 Å². The van der Waals surface area contributed by atoms with Crippen molar-refractivity contribution in [2.45, 2.75) is 43.1 Å². The molecule has 29 heavy (non-hydrogen) atoms. The summed E-state index contributed by atoms with van der Waals surface area (Å²) < 4.78 is 26.0. The number of aromatic nitrogens is 2. The normalized spacial score (nSPS) is 13.6. The Labute approximate surface area is 176 Å². The third-order valence-corrected chi connectivity index (χ3v) is 7.37. The minimum Gasteiger partial charge on any atom is -0.496 e. The van der Waals surface area contributed by atoms with Gasteiger partial charge in [-0.05, 0) is 49.4 Å². The van der Waals surface area contributed by atoms with Crippen molar-refractivity contribution in [1.29, 1.82) is 0 Å². The van der Waals surface area contributed by atoms with Crippen molar-refractivity contribution in [2.24, 2.45) is 0 Å². The van der Waals surface area contributed by atoms with Crippen LogP contribution in [0.4, 0.5) is 4.39 Å². The van der Waals surface area contributed by atoms with Gasteiger partial charge in [0.1, 0.15) is 16.4 Å². The van der Waals surface area contributed by atoms with Crippen molar-refractivity contribution in [1.82, 2.24) is 9.55 Å². The molecular formula is C21H23FN2O3S2. The van der Waals surface area contributed by atoms with Gasteiger partial charge in [0, 0.05) is 23.3 Å². The van der Waals surface area contributed by atoms with E-state index in [1.54, 1.807) is 36.2 Å². The van der Waals surface area contributed by atoms with Crippen LogP contribution >= 0.6 is 23.1 Å². The summed E-state index contributed by atoms with van der Waals surface area (Å²) in [6.07, 6.45) is 4.26. The molecule has 5 nitrogen and oxygen atoms in total. The van der Waals surface area contributed by atoms with Crippen LogP contribution in [0.3, 0.4) is 0 Å². The summed E-state index contributed by atoms with van der Waals surface area (Å²) in [6.45, 7) is 0.863. The van der Waals surface area contributed by atoms with Crippen LogP contribution in [0.15, 0.2) is 28.2 Å². The second-order valence-electron chi connectivity index (χ2n) is 6.98. The molecule has 0 N–H and O–H groups in total. The van der Waals surface area contributed by atoms with Gasteiger partial charge in [-0.15, -0.1) is 11.3 Å². The van der Waals surface area contributed by atoms with E-state index in [1.807, 2.05) is 0 Å². The van der Waals surface area contributed by atoms with E-state index in [0.29, 0.717) is 29.8 Å². The first-order chi connectivity index (χ1) is 14.1. The number of hydrogen-bond donors (Lipinski definition) is 0. The third kappa shape index (κ3) is 4.06. The Bertz CT molecular complexity index is 1090. The van der Waals surface area contributed by atoms with Crippen molar-refractivity contribution in [3.8, 4) is 5.75 Å². The largest absolute Gasteiger partial charge is 0.496 e. The molecule has 1 aliphatic rings. The lowest BCUT2D eigenvalue weighted by Gasteiger charge is -2.14. The molecule has 1 aromatic carbocycles. The van der Waals surface area contributed by atoms with Crippen molar-refractivity contribution in [3.05, 3.63) is 50.4 Å². The lowest BCUT2D eigenvalue weighted by Crippen LogP contribution is -2.25. The number of thiophene rings is 1. The maximum atomic E-state index is 13.7. The predicted molar refractivity (Wildman–Crippen MR) is 115 cm³/mol. The third-order valence-electron chi connectivity index (χ3n) is 5.16. The summed E-state index contributed by atoms with van der Waals surface area (Å²) in [7, 11) is 3.18. The number of benzene rings is 1. The maximum absolute atomic E-state index is 13.7. The quantitative estimate of drug-likeness (QED) is 0.407. The van der Waals surface area contributed by atoms with Gasteiger partial charge >= 0.3 is 0 Å². The van der Waals surface area contributed by atoms with Gasteiger partial charge in [0.25, 0.3) is 5.56 Å². The zero-order valence-electron chi connectivity index (χ0n) is 16.5. The van der Waals surface area contributed by atoms with E-state index in [9.17, 15) is 9.18 Å². The van der Waals surface area contributed by atoms with E-state index in [2.05, 4.69) is 0 Å². The fourth-order valence-electron chi connectivity index (χ4n) is 3.71. The molecule has 4 rings (SSSR count). The summed E-state index contributed by atoms with van der Waals surface area (Å²) in [5, 5.41) is 1.40. The number of thioether (sulfide) groups is 1. The molecule has 0 bridgehead atoms. The summed E-state index contributed by atoms with van der Waals surface area (Å²) >= 11 is 3.06. The molecule has 154 valence electrons. The van der Waals surface area contributed by atoms with Gasteiger partial charge in [0.15, 0.2) is 5.16 Å². The highest BCUT2D eigenvalue weighted by Crippen LogP contribution is 2.35. The minimum absolute atomic E-state index is 0.000146. The van der Waals surface area contributed by atoms with Gasteiger partial charge in [-0.25, -0.2) is 9.37 Å². The number of rotatable bonds is 7. The smallest absolute Gasteiger partial charge is 0.263 e. The van der Waals surface area contributed by atoms with Crippen LogP contribution in [0.25, 0.3) is 10.2 Å². The molecule has 0 atom stereocenters. The average Bonchev–Trinajstić information content (AvgIpc) is 3.10. The lowest BCUT2D eigenvalue weighted by atomic mass is 9.97. The number of fused-ring (bicyclic) bond motifs is 3. The number of ether oxygens (including phenoxy) is 2.